The highest BCUT2D eigenvalue weighted by molar-refractivity contribution is 5.87. The summed E-state index contributed by atoms with van der Waals surface area (Å²) in [6.07, 6.45) is 2.86. The standard InChI is InChI=1S/C13H23NO3/c1-5-7-8-12(15)11(9-10(3)4)14-13(16)17-6-2/h5,10-11H,1,6-9H2,2-4H3,(H,14,16)/t11-/m0/s1. The second kappa shape index (κ2) is 8.79. The Hall–Kier alpha value is -1.32. The van der Waals surface area contributed by atoms with Gasteiger partial charge < -0.3 is 10.1 Å². The van der Waals surface area contributed by atoms with Crippen LogP contribution in [0.25, 0.3) is 0 Å². The Bertz CT molecular complexity index is 261. The Kier molecular flexibility index (Phi) is 8.11. The van der Waals surface area contributed by atoms with Crippen molar-refractivity contribution in [3.63, 3.8) is 0 Å². The van der Waals surface area contributed by atoms with Crippen LogP contribution in [-0.2, 0) is 9.53 Å². The maximum Gasteiger partial charge on any atom is 0.407 e. The molecule has 0 rings (SSSR count). The number of alkyl carbamates (subject to hydrolysis) is 1. The summed E-state index contributed by atoms with van der Waals surface area (Å²) in [6.45, 7) is 9.65. The van der Waals surface area contributed by atoms with Gasteiger partial charge in [-0.3, -0.25) is 4.79 Å². The van der Waals surface area contributed by atoms with Crippen LogP contribution in [0, 0.1) is 5.92 Å². The first-order valence-corrected chi connectivity index (χ1v) is 6.08. The first-order chi connectivity index (χ1) is 8.01. The van der Waals surface area contributed by atoms with Crippen LogP contribution in [0.1, 0.15) is 40.0 Å². The third kappa shape index (κ3) is 7.55. The topological polar surface area (TPSA) is 55.4 Å². The summed E-state index contributed by atoms with van der Waals surface area (Å²) in [5, 5.41) is 2.61. The van der Waals surface area contributed by atoms with Crippen LogP contribution in [0.5, 0.6) is 0 Å². The van der Waals surface area contributed by atoms with E-state index in [4.69, 9.17) is 4.74 Å². The number of allylic oxidation sites excluding steroid dienone is 1. The summed E-state index contributed by atoms with van der Waals surface area (Å²) < 4.78 is 4.79. The molecule has 4 heteroatoms. The van der Waals surface area contributed by atoms with E-state index < -0.39 is 12.1 Å². The van der Waals surface area contributed by atoms with Gasteiger partial charge in [0.15, 0.2) is 5.78 Å². The molecule has 1 N–H and O–H groups in total. The maximum atomic E-state index is 11.9. The lowest BCUT2D eigenvalue weighted by molar-refractivity contribution is -0.121. The van der Waals surface area contributed by atoms with Crippen LogP contribution in [0.4, 0.5) is 4.79 Å². The van der Waals surface area contributed by atoms with Gasteiger partial charge in [-0.25, -0.2) is 4.79 Å². The molecule has 0 saturated heterocycles. The lowest BCUT2D eigenvalue weighted by atomic mass is 9.98. The summed E-state index contributed by atoms with van der Waals surface area (Å²) in [6, 6.07) is -0.450. The average molecular weight is 241 g/mol. The van der Waals surface area contributed by atoms with Crippen LogP contribution in [0.2, 0.25) is 0 Å². The van der Waals surface area contributed by atoms with Crippen molar-refractivity contribution in [2.75, 3.05) is 6.61 Å². The molecule has 0 unspecified atom stereocenters. The van der Waals surface area contributed by atoms with Crippen molar-refractivity contribution in [3.8, 4) is 0 Å². The molecule has 0 aliphatic rings. The van der Waals surface area contributed by atoms with E-state index in [-0.39, 0.29) is 5.78 Å². The monoisotopic (exact) mass is 241 g/mol. The van der Waals surface area contributed by atoms with E-state index in [0.717, 1.165) is 0 Å². The number of ether oxygens (including phenoxy) is 1. The predicted molar refractivity (Wildman–Crippen MR) is 67.8 cm³/mol. The van der Waals surface area contributed by atoms with E-state index in [1.807, 2.05) is 13.8 Å². The van der Waals surface area contributed by atoms with Crippen molar-refractivity contribution in [2.45, 2.75) is 46.1 Å². The molecule has 0 aromatic rings. The highest BCUT2D eigenvalue weighted by atomic mass is 16.5. The average Bonchev–Trinajstić information content (AvgIpc) is 2.24. The normalized spacial score (nSPS) is 12.0. The number of hydrogen-bond acceptors (Lipinski definition) is 3. The zero-order valence-electron chi connectivity index (χ0n) is 11.0. The van der Waals surface area contributed by atoms with Crippen LogP contribution < -0.4 is 5.32 Å². The molecule has 0 aromatic heterocycles. The molecule has 0 saturated carbocycles. The molecule has 0 spiro atoms. The first kappa shape index (κ1) is 15.7. The number of amides is 1. The number of hydrogen-bond donors (Lipinski definition) is 1. The lowest BCUT2D eigenvalue weighted by Crippen LogP contribution is -2.41. The minimum Gasteiger partial charge on any atom is -0.450 e. The predicted octanol–water partition coefficient (Wildman–Crippen LogP) is 2.68. The van der Waals surface area contributed by atoms with Gasteiger partial charge in [-0.15, -0.1) is 6.58 Å². The molecule has 0 aliphatic carbocycles. The third-order valence-corrected chi connectivity index (χ3v) is 2.26. The number of carbonyl (C=O) groups is 2. The fraction of sp³-hybridized carbons (Fsp3) is 0.692. The van der Waals surface area contributed by atoms with Gasteiger partial charge in [0.1, 0.15) is 0 Å². The van der Waals surface area contributed by atoms with E-state index in [0.29, 0.717) is 31.8 Å². The van der Waals surface area contributed by atoms with Crippen LogP contribution >= 0.6 is 0 Å². The van der Waals surface area contributed by atoms with Gasteiger partial charge in [-0.2, -0.15) is 0 Å². The summed E-state index contributed by atoms with van der Waals surface area (Å²) >= 11 is 0. The highest BCUT2D eigenvalue weighted by Crippen LogP contribution is 2.09. The quantitative estimate of drug-likeness (QED) is 0.665. The van der Waals surface area contributed by atoms with Crippen molar-refractivity contribution in [2.24, 2.45) is 5.92 Å². The Morgan fingerprint density at radius 3 is 2.53 bits per heavy atom. The number of Topliss-reactive ketones (excluding diaryl/α,β-unsaturated/α-hetero) is 1. The molecule has 98 valence electrons. The van der Waals surface area contributed by atoms with Gasteiger partial charge in [0.2, 0.25) is 0 Å². The highest BCUT2D eigenvalue weighted by Gasteiger charge is 2.21. The van der Waals surface area contributed by atoms with Crippen LogP contribution in [-0.4, -0.2) is 24.5 Å². The van der Waals surface area contributed by atoms with Crippen molar-refractivity contribution < 1.29 is 14.3 Å². The van der Waals surface area contributed by atoms with E-state index in [1.54, 1.807) is 13.0 Å². The lowest BCUT2D eigenvalue weighted by Gasteiger charge is -2.18. The second-order valence-corrected chi connectivity index (χ2v) is 4.34. The minimum atomic E-state index is -0.523. The Morgan fingerprint density at radius 2 is 2.06 bits per heavy atom. The Balaban J connectivity index is 4.35. The number of nitrogens with one attached hydrogen (secondary N) is 1. The van der Waals surface area contributed by atoms with Gasteiger partial charge in [0, 0.05) is 6.42 Å². The first-order valence-electron chi connectivity index (χ1n) is 6.08. The van der Waals surface area contributed by atoms with Crippen molar-refractivity contribution in [1.82, 2.24) is 5.32 Å². The van der Waals surface area contributed by atoms with Crippen LogP contribution in [0.15, 0.2) is 12.7 Å². The van der Waals surface area contributed by atoms with Gasteiger partial charge in [0.25, 0.3) is 0 Å². The van der Waals surface area contributed by atoms with E-state index in [2.05, 4.69) is 11.9 Å². The second-order valence-electron chi connectivity index (χ2n) is 4.34. The SMILES string of the molecule is C=CCCC(=O)[C@H](CC(C)C)NC(=O)OCC. The molecule has 17 heavy (non-hydrogen) atoms. The van der Waals surface area contributed by atoms with Gasteiger partial charge in [-0.1, -0.05) is 19.9 Å². The largest absolute Gasteiger partial charge is 0.450 e. The molecule has 0 radical (unpaired) electrons. The molecule has 0 bridgehead atoms. The number of carbonyl (C=O) groups excluding carboxylic acids is 2. The molecule has 0 aliphatic heterocycles. The maximum absolute atomic E-state index is 11.9. The Labute approximate surface area is 103 Å². The third-order valence-electron chi connectivity index (χ3n) is 2.26. The van der Waals surface area contributed by atoms with E-state index in [1.165, 1.54) is 0 Å². The fourth-order valence-corrected chi connectivity index (χ4v) is 1.48. The number of rotatable bonds is 8. The molecule has 1 atom stereocenters. The van der Waals surface area contributed by atoms with Crippen molar-refractivity contribution >= 4 is 11.9 Å². The van der Waals surface area contributed by atoms with E-state index >= 15 is 0 Å². The summed E-state index contributed by atoms with van der Waals surface area (Å²) in [5.41, 5.74) is 0. The van der Waals surface area contributed by atoms with Crippen molar-refractivity contribution in [1.29, 1.82) is 0 Å². The molecule has 0 aromatic carbocycles. The molecule has 4 nitrogen and oxygen atoms in total. The van der Waals surface area contributed by atoms with Gasteiger partial charge in [-0.05, 0) is 25.7 Å². The Morgan fingerprint density at radius 1 is 1.41 bits per heavy atom. The summed E-state index contributed by atoms with van der Waals surface area (Å²) in [5.74, 6) is 0.376. The molecular formula is C13H23NO3. The molecular weight excluding hydrogens is 218 g/mol. The molecule has 0 fully saturated rings. The zero-order valence-corrected chi connectivity index (χ0v) is 11.0. The van der Waals surface area contributed by atoms with E-state index in [9.17, 15) is 9.59 Å². The molecule has 0 heterocycles. The summed E-state index contributed by atoms with van der Waals surface area (Å²) in [4.78, 5) is 23.2. The smallest absolute Gasteiger partial charge is 0.407 e. The minimum absolute atomic E-state index is 0.0339. The zero-order chi connectivity index (χ0) is 13.3. The number of ketones is 1. The molecule has 1 amide bonds. The van der Waals surface area contributed by atoms with Gasteiger partial charge >= 0.3 is 6.09 Å². The fourth-order valence-electron chi connectivity index (χ4n) is 1.48. The summed E-state index contributed by atoms with van der Waals surface area (Å²) in [7, 11) is 0. The van der Waals surface area contributed by atoms with Crippen molar-refractivity contribution in [3.05, 3.63) is 12.7 Å². The van der Waals surface area contributed by atoms with Gasteiger partial charge in [0.05, 0.1) is 12.6 Å². The van der Waals surface area contributed by atoms with Crippen LogP contribution in [0.3, 0.4) is 0 Å².